The number of rotatable bonds is 6. The topological polar surface area (TPSA) is 69.7 Å². The number of carbonyl (C=O) groups excluding carboxylic acids is 3. The lowest BCUT2D eigenvalue weighted by molar-refractivity contribution is -0.134. The van der Waals surface area contributed by atoms with Crippen molar-refractivity contribution in [1.29, 1.82) is 0 Å². The van der Waals surface area contributed by atoms with Gasteiger partial charge in [0, 0.05) is 11.3 Å². The van der Waals surface area contributed by atoms with Crippen LogP contribution >= 0.6 is 0 Å². The van der Waals surface area contributed by atoms with Crippen molar-refractivity contribution in [2.24, 2.45) is 0 Å². The summed E-state index contributed by atoms with van der Waals surface area (Å²) in [5.41, 5.74) is 1.23. The number of urea groups is 1. The van der Waals surface area contributed by atoms with E-state index in [1.54, 1.807) is 0 Å². The van der Waals surface area contributed by atoms with Gasteiger partial charge in [-0.3, -0.25) is 19.4 Å². The molecule has 0 aromatic heterocycles. The van der Waals surface area contributed by atoms with Crippen LogP contribution in [0.2, 0.25) is 0 Å². The van der Waals surface area contributed by atoms with Crippen LogP contribution in [0.3, 0.4) is 0 Å². The number of anilines is 2. The van der Waals surface area contributed by atoms with Crippen molar-refractivity contribution in [2.45, 2.75) is 84.1 Å². The summed E-state index contributed by atoms with van der Waals surface area (Å²) < 4.78 is 29.0. The Morgan fingerprint density at radius 3 is 2.03 bits per heavy atom. The van der Waals surface area contributed by atoms with Crippen molar-refractivity contribution < 1.29 is 23.2 Å². The maximum atomic E-state index is 14.5. The number of hydrogen-bond donors (Lipinski definition) is 1. The molecule has 2 fully saturated rings. The van der Waals surface area contributed by atoms with Crippen LogP contribution in [0.5, 0.6) is 0 Å². The van der Waals surface area contributed by atoms with E-state index in [1.165, 1.54) is 11.8 Å². The van der Waals surface area contributed by atoms with Gasteiger partial charge in [0.05, 0.1) is 5.69 Å². The molecule has 2 aliphatic rings. The number of imide groups is 1. The van der Waals surface area contributed by atoms with Gasteiger partial charge in [0.1, 0.15) is 23.7 Å². The van der Waals surface area contributed by atoms with Gasteiger partial charge in [-0.1, -0.05) is 65.2 Å². The lowest BCUT2D eigenvalue weighted by atomic mass is 9.80. The summed E-state index contributed by atoms with van der Waals surface area (Å²) in [7, 11) is 0. The van der Waals surface area contributed by atoms with Crippen molar-refractivity contribution in [2.75, 3.05) is 16.8 Å². The summed E-state index contributed by atoms with van der Waals surface area (Å²) in [6, 6.07) is 7.33. The zero-order valence-corrected chi connectivity index (χ0v) is 22.2. The minimum absolute atomic E-state index is 0.00370. The van der Waals surface area contributed by atoms with Crippen molar-refractivity contribution in [3.63, 3.8) is 0 Å². The number of hydrogen-bond acceptors (Lipinski definition) is 3. The highest BCUT2D eigenvalue weighted by molar-refractivity contribution is 6.18. The third-order valence-electron chi connectivity index (χ3n) is 7.64. The van der Waals surface area contributed by atoms with Gasteiger partial charge in [-0.25, -0.2) is 13.6 Å². The monoisotopic (exact) mass is 511 g/mol. The highest BCUT2D eigenvalue weighted by Gasteiger charge is 2.58. The van der Waals surface area contributed by atoms with Crippen molar-refractivity contribution in [3.8, 4) is 0 Å². The van der Waals surface area contributed by atoms with E-state index in [0.29, 0.717) is 31.4 Å². The van der Waals surface area contributed by atoms with E-state index >= 15 is 0 Å². The van der Waals surface area contributed by atoms with Gasteiger partial charge in [0.2, 0.25) is 5.91 Å². The minimum Gasteiger partial charge on any atom is -0.324 e. The van der Waals surface area contributed by atoms with Crippen molar-refractivity contribution >= 4 is 29.2 Å². The Balaban J connectivity index is 1.68. The maximum absolute atomic E-state index is 14.5. The summed E-state index contributed by atoms with van der Waals surface area (Å²) in [4.78, 5) is 42.8. The standard InChI is InChI=1S/C29H35F2N3O3/c1-17(2)21-10-9-11-22(18(3)4)26(21)32-25(35)16-33-27(36)29(12-7-6-8-13-29)34(28(33)37)20-14-23(30)19(5)24(31)15-20/h9-11,14-15,17-18H,6-8,12-13,16H2,1-5H3,(H,32,35). The molecule has 4 amide bonds. The van der Waals surface area contributed by atoms with Crippen LogP contribution in [0.1, 0.15) is 88.3 Å². The number of amides is 4. The predicted molar refractivity (Wildman–Crippen MR) is 140 cm³/mol. The van der Waals surface area contributed by atoms with Gasteiger partial charge >= 0.3 is 6.03 Å². The van der Waals surface area contributed by atoms with Crippen molar-refractivity contribution in [3.05, 3.63) is 58.7 Å². The molecule has 1 spiro atoms. The Morgan fingerprint density at radius 2 is 1.51 bits per heavy atom. The number of carbonyl (C=O) groups is 3. The molecule has 0 atom stereocenters. The summed E-state index contributed by atoms with van der Waals surface area (Å²) in [5.74, 6) is -2.26. The molecule has 198 valence electrons. The third-order valence-corrected chi connectivity index (χ3v) is 7.64. The molecule has 4 rings (SSSR count). The summed E-state index contributed by atoms with van der Waals surface area (Å²) in [5, 5.41) is 2.96. The molecule has 37 heavy (non-hydrogen) atoms. The lowest BCUT2D eigenvalue weighted by Crippen LogP contribution is -2.51. The number of nitrogens with zero attached hydrogens (tertiary/aromatic N) is 2. The second kappa shape index (κ2) is 10.2. The maximum Gasteiger partial charge on any atom is 0.332 e. The molecular formula is C29H35F2N3O3. The molecule has 0 unspecified atom stereocenters. The first-order chi connectivity index (χ1) is 17.5. The number of para-hydroxylation sites is 1. The molecule has 2 aromatic rings. The van der Waals surface area contributed by atoms with Crippen LogP contribution < -0.4 is 10.2 Å². The highest BCUT2D eigenvalue weighted by atomic mass is 19.1. The summed E-state index contributed by atoms with van der Waals surface area (Å²) in [6.07, 6.45) is 3.05. The molecule has 1 saturated carbocycles. The molecule has 0 bridgehead atoms. The Kier molecular flexibility index (Phi) is 7.40. The normalized spacial score (nSPS) is 17.4. The third kappa shape index (κ3) is 4.74. The van der Waals surface area contributed by atoms with E-state index in [0.717, 1.165) is 34.6 Å². The quantitative estimate of drug-likeness (QED) is 0.443. The Labute approximate surface area is 217 Å². The first kappa shape index (κ1) is 26.8. The van der Waals surface area contributed by atoms with E-state index in [-0.39, 0.29) is 23.1 Å². The molecule has 1 heterocycles. The largest absolute Gasteiger partial charge is 0.332 e. The van der Waals surface area contributed by atoms with Gasteiger partial charge in [0.25, 0.3) is 5.91 Å². The Hall–Kier alpha value is -3.29. The van der Waals surface area contributed by atoms with Crippen molar-refractivity contribution in [1.82, 2.24) is 4.90 Å². The molecule has 0 radical (unpaired) electrons. The zero-order valence-electron chi connectivity index (χ0n) is 22.2. The molecule has 1 aliphatic heterocycles. The lowest BCUT2D eigenvalue weighted by Gasteiger charge is -2.38. The molecular weight excluding hydrogens is 476 g/mol. The van der Waals surface area contributed by atoms with Gasteiger partial charge in [0.15, 0.2) is 0 Å². The van der Waals surface area contributed by atoms with Crippen LogP contribution in [-0.4, -0.2) is 34.8 Å². The minimum atomic E-state index is -1.25. The van der Waals surface area contributed by atoms with Gasteiger partial charge in [-0.05, 0) is 54.9 Å². The highest BCUT2D eigenvalue weighted by Crippen LogP contribution is 2.44. The zero-order chi connectivity index (χ0) is 27.1. The average Bonchev–Trinajstić information content (AvgIpc) is 3.03. The fourth-order valence-electron chi connectivity index (χ4n) is 5.59. The van der Waals surface area contributed by atoms with Crippen LogP contribution in [0.4, 0.5) is 25.0 Å². The summed E-state index contributed by atoms with van der Waals surface area (Å²) >= 11 is 0. The van der Waals surface area contributed by atoms with E-state index in [2.05, 4.69) is 5.32 Å². The Bertz CT molecular complexity index is 1190. The number of nitrogens with one attached hydrogen (secondary N) is 1. The molecule has 1 saturated heterocycles. The Morgan fingerprint density at radius 1 is 0.973 bits per heavy atom. The molecule has 1 aliphatic carbocycles. The SMILES string of the molecule is Cc1c(F)cc(N2C(=O)N(CC(=O)Nc3c(C(C)C)cccc3C(C)C)C(=O)C23CCCCC3)cc1F. The van der Waals surface area contributed by atoms with Crippen LogP contribution in [0.25, 0.3) is 0 Å². The van der Waals surface area contributed by atoms with E-state index in [4.69, 9.17) is 0 Å². The first-order valence-electron chi connectivity index (χ1n) is 13.0. The second-order valence-corrected chi connectivity index (χ2v) is 10.8. The van der Waals surface area contributed by atoms with Gasteiger partial charge in [-0.2, -0.15) is 0 Å². The second-order valence-electron chi connectivity index (χ2n) is 10.8. The van der Waals surface area contributed by atoms with E-state index in [9.17, 15) is 23.2 Å². The van der Waals surface area contributed by atoms with Crippen LogP contribution in [0.15, 0.2) is 30.3 Å². The molecule has 8 heteroatoms. The van der Waals surface area contributed by atoms with Gasteiger partial charge < -0.3 is 5.32 Å². The molecule has 6 nitrogen and oxygen atoms in total. The average molecular weight is 512 g/mol. The number of halogens is 2. The predicted octanol–water partition coefficient (Wildman–Crippen LogP) is 6.63. The number of benzene rings is 2. The van der Waals surface area contributed by atoms with Crippen LogP contribution in [-0.2, 0) is 9.59 Å². The first-order valence-corrected chi connectivity index (χ1v) is 13.0. The van der Waals surface area contributed by atoms with Crippen LogP contribution in [0, 0.1) is 18.6 Å². The fraction of sp³-hybridized carbons (Fsp3) is 0.483. The van der Waals surface area contributed by atoms with E-state index in [1.807, 2.05) is 45.9 Å². The summed E-state index contributed by atoms with van der Waals surface area (Å²) in [6.45, 7) is 8.98. The van der Waals surface area contributed by atoms with E-state index < -0.39 is 41.6 Å². The molecule has 2 aromatic carbocycles. The van der Waals surface area contributed by atoms with Gasteiger partial charge in [-0.15, -0.1) is 0 Å². The smallest absolute Gasteiger partial charge is 0.324 e. The molecule has 1 N–H and O–H groups in total. The fourth-order valence-corrected chi connectivity index (χ4v) is 5.59.